The molecule has 1 heterocycles. The van der Waals surface area contributed by atoms with Gasteiger partial charge in [-0.05, 0) is 23.8 Å². The van der Waals surface area contributed by atoms with Crippen LogP contribution in [-0.4, -0.2) is 25.4 Å². The molecule has 3 rings (SSSR count). The number of halogens is 1. The number of ether oxygens (including phenoxy) is 1. The maximum absolute atomic E-state index is 13.2. The largest absolute Gasteiger partial charge is 0.383 e. The summed E-state index contributed by atoms with van der Waals surface area (Å²) in [7, 11) is 1.67. The molecule has 0 fully saturated rings. The molecule has 0 bridgehead atoms. The van der Waals surface area contributed by atoms with Crippen molar-refractivity contribution in [3.8, 4) is 11.3 Å². The van der Waals surface area contributed by atoms with Crippen molar-refractivity contribution in [1.82, 2.24) is 10.5 Å². The first kappa shape index (κ1) is 12.3. The summed E-state index contributed by atoms with van der Waals surface area (Å²) in [4.78, 5) is 0. The summed E-state index contributed by atoms with van der Waals surface area (Å²) in [5.74, 6) is 0.565. The molecule has 0 unspecified atom stereocenters. The molecular weight excluding hydrogens is 247 g/mol. The third-order valence-corrected chi connectivity index (χ3v) is 3.32. The Labute approximate surface area is 110 Å². The van der Waals surface area contributed by atoms with Crippen LogP contribution in [0, 0.1) is 5.82 Å². The zero-order valence-electron chi connectivity index (χ0n) is 10.7. The molecule has 1 aromatic carbocycles. The van der Waals surface area contributed by atoms with Gasteiger partial charge in [0, 0.05) is 37.7 Å². The van der Waals surface area contributed by atoms with E-state index in [-0.39, 0.29) is 5.82 Å². The number of nitrogens with one attached hydrogen (secondary N) is 1. The topological polar surface area (TPSA) is 47.3 Å². The van der Waals surface area contributed by atoms with Gasteiger partial charge < -0.3 is 14.6 Å². The molecule has 0 amide bonds. The van der Waals surface area contributed by atoms with Gasteiger partial charge in [-0.1, -0.05) is 5.16 Å². The quantitative estimate of drug-likeness (QED) is 0.715. The lowest BCUT2D eigenvalue weighted by molar-refractivity contribution is 0.199. The van der Waals surface area contributed by atoms with Crippen LogP contribution in [0.5, 0.6) is 0 Å². The SMILES string of the molecule is COCCNCc1noc2c1Cc1cc(F)ccc1-2. The highest BCUT2D eigenvalue weighted by Crippen LogP contribution is 2.38. The third kappa shape index (κ3) is 2.27. The highest BCUT2D eigenvalue weighted by atomic mass is 19.1. The molecule has 0 radical (unpaired) electrons. The van der Waals surface area contributed by atoms with Crippen LogP contribution in [0.4, 0.5) is 4.39 Å². The number of hydrogen-bond acceptors (Lipinski definition) is 4. The lowest BCUT2D eigenvalue weighted by Crippen LogP contribution is -2.19. The van der Waals surface area contributed by atoms with E-state index in [4.69, 9.17) is 9.26 Å². The van der Waals surface area contributed by atoms with Crippen molar-refractivity contribution in [2.45, 2.75) is 13.0 Å². The Kier molecular flexibility index (Phi) is 3.31. The van der Waals surface area contributed by atoms with Crippen molar-refractivity contribution >= 4 is 0 Å². The maximum Gasteiger partial charge on any atom is 0.170 e. The molecule has 0 saturated carbocycles. The van der Waals surface area contributed by atoms with Crippen molar-refractivity contribution in [3.63, 3.8) is 0 Å². The van der Waals surface area contributed by atoms with Gasteiger partial charge in [0.2, 0.25) is 0 Å². The summed E-state index contributed by atoms with van der Waals surface area (Å²) >= 11 is 0. The number of hydrogen-bond donors (Lipinski definition) is 1. The Morgan fingerprint density at radius 2 is 2.37 bits per heavy atom. The van der Waals surface area contributed by atoms with E-state index in [9.17, 15) is 4.39 Å². The van der Waals surface area contributed by atoms with E-state index >= 15 is 0 Å². The molecule has 4 nitrogen and oxygen atoms in total. The lowest BCUT2D eigenvalue weighted by Gasteiger charge is -2.02. The second-order valence-corrected chi connectivity index (χ2v) is 4.58. The standard InChI is InChI=1S/C14H15FN2O2/c1-18-5-4-16-8-13-12-7-9-6-10(15)2-3-11(9)14(12)19-17-13/h2-3,6,16H,4-5,7-8H2,1H3. The smallest absolute Gasteiger partial charge is 0.170 e. The number of fused-ring (bicyclic) bond motifs is 3. The Morgan fingerprint density at radius 1 is 1.47 bits per heavy atom. The van der Waals surface area contributed by atoms with Gasteiger partial charge in [0.15, 0.2) is 5.76 Å². The summed E-state index contributed by atoms with van der Waals surface area (Å²) in [6, 6.07) is 4.77. The number of methoxy groups -OCH3 is 1. The Morgan fingerprint density at radius 3 is 3.21 bits per heavy atom. The van der Waals surface area contributed by atoms with Gasteiger partial charge in [-0.15, -0.1) is 0 Å². The predicted molar refractivity (Wildman–Crippen MR) is 68.3 cm³/mol. The average molecular weight is 262 g/mol. The molecule has 0 atom stereocenters. The first-order valence-corrected chi connectivity index (χ1v) is 6.25. The Balaban J connectivity index is 1.77. The first-order chi connectivity index (χ1) is 9.29. The summed E-state index contributed by atoms with van der Waals surface area (Å²) in [6.07, 6.45) is 0.688. The van der Waals surface area contributed by atoms with Crippen LogP contribution in [0.15, 0.2) is 22.7 Å². The van der Waals surface area contributed by atoms with Crippen LogP contribution >= 0.6 is 0 Å². The fraction of sp³-hybridized carbons (Fsp3) is 0.357. The van der Waals surface area contributed by atoms with Gasteiger partial charge in [-0.3, -0.25) is 0 Å². The van der Waals surface area contributed by atoms with Crippen LogP contribution in [0.2, 0.25) is 0 Å². The van der Waals surface area contributed by atoms with Crippen LogP contribution in [0.3, 0.4) is 0 Å². The number of benzene rings is 1. The number of nitrogens with zero attached hydrogens (tertiary/aromatic N) is 1. The predicted octanol–water partition coefficient (Wildman–Crippen LogP) is 2.12. The fourth-order valence-corrected chi connectivity index (χ4v) is 2.38. The van der Waals surface area contributed by atoms with Crippen molar-refractivity contribution in [3.05, 3.63) is 40.8 Å². The Bertz CT molecular complexity index is 595. The molecule has 0 saturated heterocycles. The fourth-order valence-electron chi connectivity index (χ4n) is 2.38. The highest BCUT2D eigenvalue weighted by Gasteiger charge is 2.26. The lowest BCUT2D eigenvalue weighted by atomic mass is 10.1. The number of aromatic nitrogens is 1. The summed E-state index contributed by atoms with van der Waals surface area (Å²) in [5.41, 5.74) is 3.87. The first-order valence-electron chi connectivity index (χ1n) is 6.25. The monoisotopic (exact) mass is 262 g/mol. The van der Waals surface area contributed by atoms with E-state index in [1.54, 1.807) is 19.2 Å². The zero-order chi connectivity index (χ0) is 13.2. The normalized spacial score (nSPS) is 12.5. The molecule has 2 aromatic rings. The summed E-state index contributed by atoms with van der Waals surface area (Å²) in [5, 5.41) is 7.32. The minimum Gasteiger partial charge on any atom is -0.383 e. The van der Waals surface area contributed by atoms with Crippen LogP contribution < -0.4 is 5.32 Å². The van der Waals surface area contributed by atoms with Gasteiger partial charge in [0.05, 0.1) is 6.61 Å². The minimum absolute atomic E-state index is 0.211. The molecule has 1 aromatic heterocycles. The van der Waals surface area contributed by atoms with Gasteiger partial charge in [-0.2, -0.15) is 0 Å². The van der Waals surface area contributed by atoms with Gasteiger partial charge >= 0.3 is 0 Å². The van der Waals surface area contributed by atoms with Gasteiger partial charge in [-0.25, -0.2) is 4.39 Å². The Hall–Kier alpha value is -1.72. The van der Waals surface area contributed by atoms with Crippen LogP contribution in [0.1, 0.15) is 16.8 Å². The molecule has 19 heavy (non-hydrogen) atoms. The van der Waals surface area contributed by atoms with Crippen molar-refractivity contribution in [2.75, 3.05) is 20.3 Å². The molecule has 100 valence electrons. The molecule has 0 spiro atoms. The molecule has 1 aliphatic carbocycles. The maximum atomic E-state index is 13.2. The van der Waals surface area contributed by atoms with Crippen molar-refractivity contribution in [1.29, 1.82) is 0 Å². The molecule has 0 aliphatic heterocycles. The van der Waals surface area contributed by atoms with Gasteiger partial charge in [0.1, 0.15) is 11.5 Å². The minimum atomic E-state index is -0.211. The molecule has 5 heteroatoms. The molecule has 1 aliphatic rings. The zero-order valence-corrected chi connectivity index (χ0v) is 10.7. The van der Waals surface area contributed by atoms with E-state index < -0.39 is 0 Å². The molecular formula is C14H15FN2O2. The van der Waals surface area contributed by atoms with Crippen LogP contribution in [-0.2, 0) is 17.7 Å². The second kappa shape index (κ2) is 5.11. The summed E-state index contributed by atoms with van der Waals surface area (Å²) < 4.78 is 23.6. The van der Waals surface area contributed by atoms with Crippen molar-refractivity contribution < 1.29 is 13.7 Å². The van der Waals surface area contributed by atoms with E-state index in [1.807, 2.05) is 0 Å². The number of rotatable bonds is 5. The van der Waals surface area contributed by atoms with E-state index in [1.165, 1.54) is 6.07 Å². The second-order valence-electron chi connectivity index (χ2n) is 4.58. The molecule has 1 N–H and O–H groups in total. The van der Waals surface area contributed by atoms with E-state index in [2.05, 4.69) is 10.5 Å². The van der Waals surface area contributed by atoms with Crippen LogP contribution in [0.25, 0.3) is 11.3 Å². The highest BCUT2D eigenvalue weighted by molar-refractivity contribution is 5.72. The third-order valence-electron chi connectivity index (χ3n) is 3.32. The summed E-state index contributed by atoms with van der Waals surface area (Å²) in [6.45, 7) is 2.06. The average Bonchev–Trinajstić information content (AvgIpc) is 2.93. The van der Waals surface area contributed by atoms with Crippen molar-refractivity contribution in [2.24, 2.45) is 0 Å². The van der Waals surface area contributed by atoms with E-state index in [0.29, 0.717) is 19.6 Å². The van der Waals surface area contributed by atoms with Gasteiger partial charge in [0.25, 0.3) is 0 Å². The van der Waals surface area contributed by atoms with E-state index in [0.717, 1.165) is 34.7 Å².